The van der Waals surface area contributed by atoms with Gasteiger partial charge in [-0.25, -0.2) is 0 Å². The molecule has 0 aliphatic carbocycles. The molecule has 0 unspecified atom stereocenters. The number of rotatable bonds is 4. The summed E-state index contributed by atoms with van der Waals surface area (Å²) in [5.74, 6) is -0.113. The Bertz CT molecular complexity index is 548. The van der Waals surface area contributed by atoms with E-state index in [2.05, 4.69) is 12.2 Å². The molecule has 0 spiro atoms. The number of amides is 1. The van der Waals surface area contributed by atoms with Gasteiger partial charge in [-0.2, -0.15) is 0 Å². The summed E-state index contributed by atoms with van der Waals surface area (Å²) < 4.78 is 0. The standard InChI is InChI=1S/C17H19NO/c1-3-14-9-7-8-12-16(14)18-17(19)13(2)15-10-5-4-6-11-15/h4-13H,3H2,1-2H3,(H,18,19)/t13-/m1/s1. The molecular formula is C17H19NO. The number of hydrogen-bond donors (Lipinski definition) is 1. The first-order chi connectivity index (χ1) is 9.22. The van der Waals surface area contributed by atoms with Crippen LogP contribution in [0.2, 0.25) is 0 Å². The zero-order valence-electron chi connectivity index (χ0n) is 11.4. The zero-order valence-corrected chi connectivity index (χ0v) is 11.4. The van der Waals surface area contributed by atoms with Crippen LogP contribution in [-0.4, -0.2) is 5.91 Å². The van der Waals surface area contributed by atoms with Gasteiger partial charge in [0.15, 0.2) is 0 Å². The third-order valence-corrected chi connectivity index (χ3v) is 3.35. The van der Waals surface area contributed by atoms with Crippen molar-refractivity contribution in [1.82, 2.24) is 0 Å². The maximum absolute atomic E-state index is 12.3. The van der Waals surface area contributed by atoms with E-state index in [0.29, 0.717) is 0 Å². The lowest BCUT2D eigenvalue weighted by atomic mass is 10.00. The molecule has 19 heavy (non-hydrogen) atoms. The molecule has 0 heterocycles. The van der Waals surface area contributed by atoms with E-state index in [9.17, 15) is 4.79 Å². The molecule has 2 aromatic rings. The quantitative estimate of drug-likeness (QED) is 0.877. The van der Waals surface area contributed by atoms with Crippen LogP contribution >= 0.6 is 0 Å². The van der Waals surface area contributed by atoms with Gasteiger partial charge in [-0.3, -0.25) is 4.79 Å². The lowest BCUT2D eigenvalue weighted by Gasteiger charge is -2.14. The van der Waals surface area contributed by atoms with Gasteiger partial charge in [-0.05, 0) is 30.5 Å². The van der Waals surface area contributed by atoms with E-state index in [1.165, 1.54) is 0 Å². The zero-order chi connectivity index (χ0) is 13.7. The van der Waals surface area contributed by atoms with Crippen LogP contribution in [0.4, 0.5) is 5.69 Å². The molecule has 0 bridgehead atoms. The molecule has 2 aromatic carbocycles. The highest BCUT2D eigenvalue weighted by Crippen LogP contribution is 2.20. The monoisotopic (exact) mass is 253 g/mol. The summed E-state index contributed by atoms with van der Waals surface area (Å²) in [6.45, 7) is 4.02. The Morgan fingerprint density at radius 3 is 2.37 bits per heavy atom. The molecule has 0 saturated carbocycles. The van der Waals surface area contributed by atoms with Crippen LogP contribution in [0.3, 0.4) is 0 Å². The fourth-order valence-corrected chi connectivity index (χ4v) is 2.08. The summed E-state index contributed by atoms with van der Waals surface area (Å²) in [7, 11) is 0. The average molecular weight is 253 g/mol. The molecular weight excluding hydrogens is 234 g/mol. The second-order valence-electron chi connectivity index (χ2n) is 4.63. The van der Waals surface area contributed by atoms with Gasteiger partial charge in [0, 0.05) is 5.69 Å². The molecule has 2 heteroatoms. The Balaban J connectivity index is 2.13. The van der Waals surface area contributed by atoms with E-state index >= 15 is 0 Å². The van der Waals surface area contributed by atoms with Gasteiger partial charge in [-0.15, -0.1) is 0 Å². The van der Waals surface area contributed by atoms with Gasteiger partial charge >= 0.3 is 0 Å². The Kier molecular flexibility index (Phi) is 4.35. The summed E-state index contributed by atoms with van der Waals surface area (Å²) in [5.41, 5.74) is 3.11. The second kappa shape index (κ2) is 6.19. The molecule has 1 amide bonds. The van der Waals surface area contributed by atoms with E-state index < -0.39 is 0 Å². The van der Waals surface area contributed by atoms with Crippen molar-refractivity contribution in [2.75, 3.05) is 5.32 Å². The number of hydrogen-bond acceptors (Lipinski definition) is 1. The maximum Gasteiger partial charge on any atom is 0.231 e. The highest BCUT2D eigenvalue weighted by Gasteiger charge is 2.15. The highest BCUT2D eigenvalue weighted by atomic mass is 16.1. The molecule has 0 saturated heterocycles. The molecule has 1 atom stereocenters. The SMILES string of the molecule is CCc1ccccc1NC(=O)[C@H](C)c1ccccc1. The van der Waals surface area contributed by atoms with Crippen LogP contribution < -0.4 is 5.32 Å². The second-order valence-corrected chi connectivity index (χ2v) is 4.63. The van der Waals surface area contributed by atoms with Crippen LogP contribution in [-0.2, 0) is 11.2 Å². The Morgan fingerprint density at radius 2 is 1.68 bits per heavy atom. The van der Waals surface area contributed by atoms with Gasteiger partial charge in [0.1, 0.15) is 0 Å². The lowest BCUT2D eigenvalue weighted by Crippen LogP contribution is -2.19. The van der Waals surface area contributed by atoms with Crippen LogP contribution in [0.15, 0.2) is 54.6 Å². The minimum atomic E-state index is -0.147. The number of carbonyl (C=O) groups excluding carboxylic acids is 1. The fourth-order valence-electron chi connectivity index (χ4n) is 2.08. The smallest absolute Gasteiger partial charge is 0.231 e. The minimum absolute atomic E-state index is 0.0344. The number of benzene rings is 2. The molecule has 0 aliphatic rings. The lowest BCUT2D eigenvalue weighted by molar-refractivity contribution is -0.117. The van der Waals surface area contributed by atoms with Crippen LogP contribution in [0.5, 0.6) is 0 Å². The summed E-state index contributed by atoms with van der Waals surface area (Å²) in [5, 5.41) is 3.02. The normalized spacial score (nSPS) is 11.9. The highest BCUT2D eigenvalue weighted by molar-refractivity contribution is 5.96. The summed E-state index contributed by atoms with van der Waals surface area (Å²) in [6.07, 6.45) is 0.913. The van der Waals surface area contributed by atoms with E-state index in [1.54, 1.807) is 0 Å². The van der Waals surface area contributed by atoms with Gasteiger partial charge in [0.25, 0.3) is 0 Å². The molecule has 1 N–H and O–H groups in total. The molecule has 2 nitrogen and oxygen atoms in total. The van der Waals surface area contributed by atoms with Gasteiger partial charge < -0.3 is 5.32 Å². The van der Waals surface area contributed by atoms with Crippen molar-refractivity contribution in [2.24, 2.45) is 0 Å². The van der Waals surface area contributed by atoms with Crippen molar-refractivity contribution in [2.45, 2.75) is 26.2 Å². The third-order valence-electron chi connectivity index (χ3n) is 3.35. The molecule has 2 rings (SSSR count). The molecule has 0 aliphatic heterocycles. The number of anilines is 1. The molecule has 0 aromatic heterocycles. The van der Waals surface area contributed by atoms with Crippen LogP contribution in [0.25, 0.3) is 0 Å². The Hall–Kier alpha value is -2.09. The van der Waals surface area contributed by atoms with Gasteiger partial charge in [0.2, 0.25) is 5.91 Å². The Labute approximate surface area is 114 Å². The predicted octanol–water partition coefficient (Wildman–Crippen LogP) is 3.99. The number of para-hydroxylation sites is 1. The summed E-state index contributed by atoms with van der Waals surface area (Å²) >= 11 is 0. The van der Waals surface area contributed by atoms with E-state index in [4.69, 9.17) is 0 Å². The largest absolute Gasteiger partial charge is 0.325 e. The first-order valence-electron chi connectivity index (χ1n) is 6.66. The molecule has 98 valence electrons. The summed E-state index contributed by atoms with van der Waals surface area (Å²) in [4.78, 5) is 12.3. The average Bonchev–Trinajstić information content (AvgIpc) is 2.48. The Morgan fingerprint density at radius 1 is 1.05 bits per heavy atom. The van der Waals surface area contributed by atoms with E-state index in [0.717, 1.165) is 23.2 Å². The van der Waals surface area contributed by atoms with Crippen molar-refractivity contribution in [3.05, 3.63) is 65.7 Å². The van der Waals surface area contributed by atoms with Crippen molar-refractivity contribution in [1.29, 1.82) is 0 Å². The number of aryl methyl sites for hydroxylation is 1. The van der Waals surface area contributed by atoms with Crippen LogP contribution in [0.1, 0.15) is 30.9 Å². The van der Waals surface area contributed by atoms with E-state index in [1.807, 2.05) is 61.5 Å². The first kappa shape index (κ1) is 13.3. The molecule has 0 fully saturated rings. The third kappa shape index (κ3) is 3.22. The first-order valence-corrected chi connectivity index (χ1v) is 6.66. The predicted molar refractivity (Wildman–Crippen MR) is 79.3 cm³/mol. The topological polar surface area (TPSA) is 29.1 Å². The van der Waals surface area contributed by atoms with Crippen LogP contribution in [0, 0.1) is 0 Å². The summed E-state index contributed by atoms with van der Waals surface area (Å²) in [6, 6.07) is 17.8. The van der Waals surface area contributed by atoms with Crippen molar-refractivity contribution >= 4 is 11.6 Å². The van der Waals surface area contributed by atoms with Crippen molar-refractivity contribution in [3.63, 3.8) is 0 Å². The van der Waals surface area contributed by atoms with E-state index in [-0.39, 0.29) is 11.8 Å². The molecule has 0 radical (unpaired) electrons. The van der Waals surface area contributed by atoms with Gasteiger partial charge in [0.05, 0.1) is 5.92 Å². The van der Waals surface area contributed by atoms with Crippen molar-refractivity contribution in [3.8, 4) is 0 Å². The maximum atomic E-state index is 12.3. The van der Waals surface area contributed by atoms with Gasteiger partial charge in [-0.1, -0.05) is 55.5 Å². The number of nitrogens with one attached hydrogen (secondary N) is 1. The van der Waals surface area contributed by atoms with Crippen molar-refractivity contribution < 1.29 is 4.79 Å². The minimum Gasteiger partial charge on any atom is -0.325 e. The number of carbonyl (C=O) groups is 1. The fraction of sp³-hybridized carbons (Fsp3) is 0.235.